The van der Waals surface area contributed by atoms with E-state index in [4.69, 9.17) is 0 Å². The first-order chi connectivity index (χ1) is 11.4. The fraction of sp³-hybridized carbons (Fsp3) is 0.133. The van der Waals surface area contributed by atoms with Crippen molar-refractivity contribution in [3.05, 3.63) is 68.3 Å². The van der Waals surface area contributed by atoms with Crippen LogP contribution in [0.15, 0.2) is 44.5 Å². The summed E-state index contributed by atoms with van der Waals surface area (Å²) in [6.45, 7) is 3.42. The largest absolute Gasteiger partial charge is 0.430 e. The summed E-state index contributed by atoms with van der Waals surface area (Å²) >= 11 is 0. The van der Waals surface area contributed by atoms with Crippen LogP contribution in [0.3, 0.4) is 0 Å². The highest BCUT2D eigenvalue weighted by molar-refractivity contribution is 6.03. The van der Waals surface area contributed by atoms with Crippen molar-refractivity contribution in [2.75, 3.05) is 5.32 Å². The average molecular weight is 327 g/mol. The minimum Gasteiger partial charge on any atom is -0.430 e. The summed E-state index contributed by atoms with van der Waals surface area (Å²) in [4.78, 5) is 41.6. The third-order valence-electron chi connectivity index (χ3n) is 3.09. The predicted molar refractivity (Wildman–Crippen MR) is 84.4 cm³/mol. The van der Waals surface area contributed by atoms with Crippen LogP contribution in [0.4, 0.5) is 5.82 Å². The molecule has 3 rings (SSSR count). The number of aromatic amines is 1. The molecule has 0 unspecified atom stereocenters. The van der Waals surface area contributed by atoms with Gasteiger partial charge in [0.05, 0.1) is 11.3 Å². The molecule has 0 radical (unpaired) electrons. The van der Waals surface area contributed by atoms with E-state index in [1.54, 1.807) is 19.9 Å². The van der Waals surface area contributed by atoms with Crippen molar-refractivity contribution in [2.24, 2.45) is 0 Å². The summed E-state index contributed by atoms with van der Waals surface area (Å²) < 4.78 is 5.99. The zero-order valence-electron chi connectivity index (χ0n) is 12.9. The lowest BCUT2D eigenvalue weighted by Gasteiger charge is -2.08. The van der Waals surface area contributed by atoms with Crippen LogP contribution in [0.2, 0.25) is 0 Å². The van der Waals surface area contributed by atoms with Gasteiger partial charge in [-0.05, 0) is 19.9 Å². The van der Waals surface area contributed by atoms with Gasteiger partial charge in [0.25, 0.3) is 11.5 Å². The van der Waals surface area contributed by atoms with Crippen LogP contribution < -0.4 is 16.5 Å². The van der Waals surface area contributed by atoms with Gasteiger partial charge in [0.2, 0.25) is 5.95 Å². The smallest absolute Gasteiger partial charge is 0.335 e. The van der Waals surface area contributed by atoms with Gasteiger partial charge >= 0.3 is 5.63 Å². The SMILES string of the molecule is Cc1cc(=O)[nH]c(-n2nc(C)cc2NC(=O)c2ccc(=O)oc2)n1. The number of carbonyl (C=O) groups is 1. The molecule has 0 bridgehead atoms. The lowest BCUT2D eigenvalue weighted by atomic mass is 10.3. The van der Waals surface area contributed by atoms with Crippen molar-refractivity contribution >= 4 is 11.7 Å². The Kier molecular flexibility index (Phi) is 3.82. The number of nitrogens with zero attached hydrogens (tertiary/aromatic N) is 3. The van der Waals surface area contributed by atoms with Gasteiger partial charge < -0.3 is 9.73 Å². The Morgan fingerprint density at radius 3 is 2.67 bits per heavy atom. The second kappa shape index (κ2) is 5.95. The molecular weight excluding hydrogens is 314 g/mol. The van der Waals surface area contributed by atoms with Gasteiger partial charge in [-0.25, -0.2) is 9.78 Å². The summed E-state index contributed by atoms with van der Waals surface area (Å²) in [5.74, 6) is 0.00958. The lowest BCUT2D eigenvalue weighted by molar-refractivity contribution is 0.102. The Labute approximate surface area is 135 Å². The molecular formula is C15H13N5O4. The maximum Gasteiger partial charge on any atom is 0.335 e. The summed E-state index contributed by atoms with van der Waals surface area (Å²) in [6.07, 6.45) is 1.07. The second-order valence-corrected chi connectivity index (χ2v) is 5.09. The topological polar surface area (TPSA) is 123 Å². The van der Waals surface area contributed by atoms with Crippen molar-refractivity contribution in [3.63, 3.8) is 0 Å². The second-order valence-electron chi connectivity index (χ2n) is 5.09. The molecule has 3 heterocycles. The number of anilines is 1. The van der Waals surface area contributed by atoms with Crippen LogP contribution in [-0.2, 0) is 0 Å². The molecule has 0 aliphatic heterocycles. The van der Waals surface area contributed by atoms with Gasteiger partial charge in [0.1, 0.15) is 12.1 Å². The minimum atomic E-state index is -0.547. The Morgan fingerprint density at radius 2 is 2.00 bits per heavy atom. The van der Waals surface area contributed by atoms with E-state index in [1.165, 1.54) is 16.8 Å². The van der Waals surface area contributed by atoms with Gasteiger partial charge in [-0.15, -0.1) is 0 Å². The lowest BCUT2D eigenvalue weighted by Crippen LogP contribution is -2.19. The maximum absolute atomic E-state index is 12.2. The van der Waals surface area contributed by atoms with Crippen LogP contribution in [0, 0.1) is 13.8 Å². The van der Waals surface area contributed by atoms with E-state index in [0.717, 1.165) is 12.3 Å². The van der Waals surface area contributed by atoms with Crippen molar-refractivity contribution in [2.45, 2.75) is 13.8 Å². The Balaban J connectivity index is 1.97. The third kappa shape index (κ3) is 3.14. The molecule has 0 aliphatic carbocycles. The zero-order valence-corrected chi connectivity index (χ0v) is 12.9. The highest BCUT2D eigenvalue weighted by Crippen LogP contribution is 2.15. The molecule has 0 fully saturated rings. The molecule has 24 heavy (non-hydrogen) atoms. The van der Waals surface area contributed by atoms with E-state index < -0.39 is 11.5 Å². The van der Waals surface area contributed by atoms with Crippen molar-refractivity contribution in [1.29, 1.82) is 0 Å². The van der Waals surface area contributed by atoms with Gasteiger partial charge in [-0.3, -0.25) is 14.6 Å². The molecule has 0 spiro atoms. The van der Waals surface area contributed by atoms with Crippen LogP contribution in [-0.4, -0.2) is 25.7 Å². The fourth-order valence-electron chi connectivity index (χ4n) is 2.09. The van der Waals surface area contributed by atoms with E-state index >= 15 is 0 Å². The number of carbonyl (C=O) groups excluding carboxylic acids is 1. The highest BCUT2D eigenvalue weighted by Gasteiger charge is 2.14. The Bertz CT molecular complexity index is 1010. The molecule has 0 atom stereocenters. The van der Waals surface area contributed by atoms with E-state index in [9.17, 15) is 14.4 Å². The van der Waals surface area contributed by atoms with Crippen molar-refractivity contribution in [1.82, 2.24) is 19.7 Å². The molecule has 9 heteroatoms. The molecule has 122 valence electrons. The van der Waals surface area contributed by atoms with E-state index in [2.05, 4.69) is 24.8 Å². The molecule has 0 saturated carbocycles. The Morgan fingerprint density at radius 1 is 1.21 bits per heavy atom. The standard InChI is InChI=1S/C15H13N5O4/c1-8-6-12(21)18-15(16-8)20-11(5-9(2)19-20)17-14(23)10-3-4-13(22)24-7-10/h3-7H,1-2H3,(H,17,23)(H,16,18,21). The highest BCUT2D eigenvalue weighted by atomic mass is 16.4. The predicted octanol–water partition coefficient (Wildman–Crippen LogP) is 0.778. The molecule has 1 amide bonds. The first-order valence-electron chi connectivity index (χ1n) is 6.97. The van der Waals surface area contributed by atoms with Gasteiger partial charge in [-0.2, -0.15) is 9.78 Å². The maximum atomic E-state index is 12.2. The molecule has 9 nitrogen and oxygen atoms in total. The van der Waals surface area contributed by atoms with E-state index in [1.807, 2.05) is 0 Å². The summed E-state index contributed by atoms with van der Waals surface area (Å²) in [5.41, 5.74) is 0.436. The number of aryl methyl sites for hydroxylation is 2. The molecule has 0 saturated heterocycles. The van der Waals surface area contributed by atoms with Crippen molar-refractivity contribution in [3.8, 4) is 5.95 Å². The molecule has 3 aromatic heterocycles. The quantitative estimate of drug-likeness (QED) is 0.733. The number of nitrogens with one attached hydrogen (secondary N) is 2. The van der Waals surface area contributed by atoms with E-state index in [-0.39, 0.29) is 17.1 Å². The first kappa shape index (κ1) is 15.4. The normalized spacial score (nSPS) is 10.6. The van der Waals surface area contributed by atoms with Crippen LogP contribution in [0.5, 0.6) is 0 Å². The van der Waals surface area contributed by atoms with Crippen LogP contribution in [0.25, 0.3) is 5.95 Å². The average Bonchev–Trinajstić information content (AvgIpc) is 2.87. The number of H-pyrrole nitrogens is 1. The number of rotatable bonds is 3. The molecule has 0 aliphatic rings. The van der Waals surface area contributed by atoms with Crippen LogP contribution >= 0.6 is 0 Å². The van der Waals surface area contributed by atoms with Crippen LogP contribution in [0.1, 0.15) is 21.7 Å². The third-order valence-corrected chi connectivity index (χ3v) is 3.09. The minimum absolute atomic E-state index is 0.172. The monoisotopic (exact) mass is 327 g/mol. The zero-order chi connectivity index (χ0) is 17.3. The number of aromatic nitrogens is 4. The summed E-state index contributed by atoms with van der Waals surface area (Å²) in [6, 6.07) is 5.47. The summed E-state index contributed by atoms with van der Waals surface area (Å²) in [5, 5.41) is 6.86. The molecule has 3 aromatic rings. The summed E-state index contributed by atoms with van der Waals surface area (Å²) in [7, 11) is 0. The van der Waals surface area contributed by atoms with Gasteiger partial charge in [0, 0.05) is 23.9 Å². The number of hydrogen-bond donors (Lipinski definition) is 2. The van der Waals surface area contributed by atoms with Gasteiger partial charge in [-0.1, -0.05) is 0 Å². The first-order valence-corrected chi connectivity index (χ1v) is 6.97. The van der Waals surface area contributed by atoms with Gasteiger partial charge in [0.15, 0.2) is 0 Å². The van der Waals surface area contributed by atoms with Crippen molar-refractivity contribution < 1.29 is 9.21 Å². The molecule has 0 aromatic carbocycles. The molecule has 2 N–H and O–H groups in total. The van der Waals surface area contributed by atoms with E-state index in [0.29, 0.717) is 17.2 Å². The Hall–Kier alpha value is -3.49. The number of amides is 1. The fourth-order valence-corrected chi connectivity index (χ4v) is 2.09. The number of hydrogen-bond acceptors (Lipinski definition) is 6.